The first-order valence-corrected chi connectivity index (χ1v) is 10.1. The van der Waals surface area contributed by atoms with Gasteiger partial charge in [0.1, 0.15) is 0 Å². The van der Waals surface area contributed by atoms with Crippen LogP contribution in [0.1, 0.15) is 32.6 Å². The predicted octanol–water partition coefficient (Wildman–Crippen LogP) is 5.47. The van der Waals surface area contributed by atoms with E-state index in [0.717, 1.165) is 30.5 Å². The quantitative estimate of drug-likeness (QED) is 0.209. The molecule has 0 saturated heterocycles. The number of nitrogens with zero attached hydrogens (tertiary/aromatic N) is 3. The van der Waals surface area contributed by atoms with Crippen molar-refractivity contribution in [1.82, 2.24) is 10.7 Å². The molecule has 3 aromatic carbocycles. The number of guanidine groups is 1. The lowest BCUT2D eigenvalue weighted by molar-refractivity contribution is -0.138. The van der Waals surface area contributed by atoms with Crippen molar-refractivity contribution in [1.29, 1.82) is 0 Å². The molecule has 36 heavy (non-hydrogen) atoms. The second-order valence-corrected chi connectivity index (χ2v) is 7.12. The van der Waals surface area contributed by atoms with Gasteiger partial charge in [-0.1, -0.05) is 42.5 Å². The molecule has 186 valence electrons. The Bertz CT molecular complexity index is 1250. The largest absolute Gasteiger partial charge is 0.416 e. The van der Waals surface area contributed by atoms with Crippen LogP contribution < -0.4 is 10.7 Å². The van der Waals surface area contributed by atoms with Crippen LogP contribution >= 0.6 is 0 Å². The summed E-state index contributed by atoms with van der Waals surface area (Å²) in [6.07, 6.45) is -6.59. The van der Waals surface area contributed by atoms with Gasteiger partial charge in [-0.25, -0.2) is 5.43 Å². The molecule has 0 aliphatic rings. The van der Waals surface area contributed by atoms with Crippen molar-refractivity contribution in [3.8, 4) is 0 Å². The van der Waals surface area contributed by atoms with E-state index in [0.29, 0.717) is 16.7 Å². The Kier molecular flexibility index (Phi) is 8.20. The maximum Gasteiger partial charge on any atom is 0.416 e. The number of hydrogen-bond donors (Lipinski definition) is 2. The van der Waals surface area contributed by atoms with E-state index in [9.17, 15) is 31.1 Å². The van der Waals surface area contributed by atoms with Crippen LogP contribution in [0.3, 0.4) is 0 Å². The molecule has 3 rings (SSSR count). The van der Waals surface area contributed by atoms with Crippen LogP contribution in [0, 0.1) is 0 Å². The van der Waals surface area contributed by atoms with E-state index in [4.69, 9.17) is 0 Å². The van der Waals surface area contributed by atoms with Gasteiger partial charge < -0.3 is 0 Å². The lowest BCUT2D eigenvalue weighted by Crippen LogP contribution is -2.38. The van der Waals surface area contributed by atoms with Gasteiger partial charge in [0, 0.05) is 5.56 Å². The Morgan fingerprint density at radius 1 is 0.694 bits per heavy atom. The highest BCUT2D eigenvalue weighted by molar-refractivity contribution is 6.05. The van der Waals surface area contributed by atoms with Gasteiger partial charge in [0.2, 0.25) is 5.96 Å². The summed E-state index contributed by atoms with van der Waals surface area (Å²) in [5, 5.41) is 13.8. The van der Waals surface area contributed by atoms with E-state index in [1.807, 2.05) is 0 Å². The Balaban J connectivity index is 1.75. The monoisotopic (exact) mass is 505 g/mol. The number of hydrogen-bond acceptors (Lipinski definition) is 4. The molecule has 0 heterocycles. The normalized spacial score (nSPS) is 12.8. The highest BCUT2D eigenvalue weighted by Crippen LogP contribution is 2.29. The third-order valence-corrected chi connectivity index (χ3v) is 4.49. The third kappa shape index (κ3) is 7.79. The molecule has 0 atom stereocenters. The Hall–Kier alpha value is -4.48. The second-order valence-electron chi connectivity index (χ2n) is 7.12. The number of rotatable bonds is 5. The van der Waals surface area contributed by atoms with E-state index < -0.39 is 29.4 Å². The van der Waals surface area contributed by atoms with Gasteiger partial charge in [0.05, 0.1) is 23.6 Å². The molecule has 1 amide bonds. The van der Waals surface area contributed by atoms with Crippen LogP contribution in [0.25, 0.3) is 0 Å². The van der Waals surface area contributed by atoms with Crippen molar-refractivity contribution < 1.29 is 31.1 Å². The van der Waals surface area contributed by atoms with E-state index in [-0.39, 0.29) is 5.96 Å². The summed E-state index contributed by atoms with van der Waals surface area (Å²) in [6, 6.07) is 16.4. The summed E-state index contributed by atoms with van der Waals surface area (Å²) >= 11 is 0. The zero-order valence-corrected chi connectivity index (χ0v) is 18.2. The molecular formula is C24H17F6N5O. The topological polar surface area (TPSA) is 78.2 Å². The number of carbonyl (C=O) groups is 1. The van der Waals surface area contributed by atoms with Crippen LogP contribution in [0.5, 0.6) is 0 Å². The van der Waals surface area contributed by atoms with E-state index in [2.05, 4.69) is 26.0 Å². The molecule has 0 fully saturated rings. The summed E-state index contributed by atoms with van der Waals surface area (Å²) in [4.78, 5) is 12.4. The van der Waals surface area contributed by atoms with Crippen LogP contribution in [0.2, 0.25) is 0 Å². The summed E-state index contributed by atoms with van der Waals surface area (Å²) in [6.45, 7) is 0. The van der Waals surface area contributed by atoms with Crippen LogP contribution in [-0.4, -0.2) is 24.3 Å². The van der Waals surface area contributed by atoms with Crippen molar-refractivity contribution in [3.63, 3.8) is 0 Å². The molecule has 3 aromatic rings. The van der Waals surface area contributed by atoms with Crippen LogP contribution in [-0.2, 0) is 12.4 Å². The molecule has 0 radical (unpaired) electrons. The first-order chi connectivity index (χ1) is 17.0. The smallest absolute Gasteiger partial charge is 0.290 e. The average molecular weight is 505 g/mol. The van der Waals surface area contributed by atoms with Gasteiger partial charge in [-0.3, -0.25) is 10.1 Å². The molecule has 0 aromatic heterocycles. The molecule has 0 saturated carbocycles. The summed E-state index contributed by atoms with van der Waals surface area (Å²) in [5.41, 5.74) is 1.74. The summed E-state index contributed by atoms with van der Waals surface area (Å²) in [5.74, 6) is -0.800. The number of alkyl halides is 6. The molecule has 2 N–H and O–H groups in total. The van der Waals surface area contributed by atoms with Crippen molar-refractivity contribution in [2.75, 3.05) is 0 Å². The SMILES string of the molecule is O=C(NC(=N/N=C/c1ccc(C(F)(F)F)cc1)N/N=C/c1ccc(C(F)(F)F)cc1)c1ccccc1. The number of carbonyl (C=O) groups excluding carboxylic acids is 1. The van der Waals surface area contributed by atoms with Crippen molar-refractivity contribution in [2.45, 2.75) is 12.4 Å². The number of hydrazone groups is 1. The van der Waals surface area contributed by atoms with Gasteiger partial charge in [0.15, 0.2) is 0 Å². The molecule has 12 heteroatoms. The zero-order chi connectivity index (χ0) is 26.2. The molecular weight excluding hydrogens is 488 g/mol. The fraction of sp³-hybridized carbons (Fsp3) is 0.0833. The molecule has 0 spiro atoms. The molecule has 0 bridgehead atoms. The predicted molar refractivity (Wildman–Crippen MR) is 123 cm³/mol. The van der Waals surface area contributed by atoms with Crippen molar-refractivity contribution in [3.05, 3.63) is 107 Å². The third-order valence-electron chi connectivity index (χ3n) is 4.49. The summed E-state index contributed by atoms with van der Waals surface area (Å²) < 4.78 is 76.1. The fourth-order valence-electron chi connectivity index (χ4n) is 2.68. The van der Waals surface area contributed by atoms with Gasteiger partial charge in [-0.15, -0.1) is 5.10 Å². The highest BCUT2D eigenvalue weighted by atomic mass is 19.4. The molecule has 0 unspecified atom stereocenters. The van der Waals surface area contributed by atoms with Gasteiger partial charge >= 0.3 is 12.4 Å². The number of benzene rings is 3. The minimum absolute atomic E-state index is 0.241. The molecule has 6 nitrogen and oxygen atoms in total. The van der Waals surface area contributed by atoms with E-state index in [1.165, 1.54) is 30.5 Å². The Morgan fingerprint density at radius 2 is 1.19 bits per heavy atom. The lowest BCUT2D eigenvalue weighted by Gasteiger charge is -2.07. The first-order valence-electron chi connectivity index (χ1n) is 10.1. The van der Waals surface area contributed by atoms with Crippen LogP contribution in [0.4, 0.5) is 26.3 Å². The standard InChI is InChI=1S/C24H17F6N5O/c25-23(26,27)19-10-6-16(7-11-19)14-31-34-22(33-21(36)18-4-2-1-3-5-18)35-32-15-17-8-12-20(13-9-17)24(28,29)30/h1-15H,(H2,33,34,35,36)/b31-14+,32-15+. The second kappa shape index (κ2) is 11.3. The first kappa shape index (κ1) is 26.1. The Morgan fingerprint density at radius 3 is 1.69 bits per heavy atom. The van der Waals surface area contributed by atoms with Crippen LogP contribution in [0.15, 0.2) is 94.2 Å². The molecule has 0 aliphatic heterocycles. The number of nitrogens with one attached hydrogen (secondary N) is 2. The zero-order valence-electron chi connectivity index (χ0n) is 18.2. The maximum absolute atomic E-state index is 12.7. The summed E-state index contributed by atoms with van der Waals surface area (Å²) in [7, 11) is 0. The Labute approximate surface area is 201 Å². The average Bonchev–Trinajstić information content (AvgIpc) is 2.84. The lowest BCUT2D eigenvalue weighted by atomic mass is 10.1. The van der Waals surface area contributed by atoms with E-state index >= 15 is 0 Å². The van der Waals surface area contributed by atoms with Crippen molar-refractivity contribution in [2.24, 2.45) is 15.3 Å². The molecule has 0 aliphatic carbocycles. The highest BCUT2D eigenvalue weighted by Gasteiger charge is 2.30. The van der Waals surface area contributed by atoms with Gasteiger partial charge in [0.25, 0.3) is 5.91 Å². The fourth-order valence-corrected chi connectivity index (χ4v) is 2.68. The number of amides is 1. The minimum atomic E-state index is -4.47. The van der Waals surface area contributed by atoms with Gasteiger partial charge in [-0.05, 0) is 47.5 Å². The van der Waals surface area contributed by atoms with Crippen molar-refractivity contribution >= 4 is 24.3 Å². The van der Waals surface area contributed by atoms with Gasteiger partial charge in [-0.2, -0.15) is 36.5 Å². The maximum atomic E-state index is 12.7. The number of halogens is 6. The minimum Gasteiger partial charge on any atom is -0.290 e. The van der Waals surface area contributed by atoms with E-state index in [1.54, 1.807) is 30.3 Å².